The van der Waals surface area contributed by atoms with Crippen molar-refractivity contribution in [2.24, 2.45) is 0 Å². The lowest BCUT2D eigenvalue weighted by Crippen LogP contribution is -1.98. The van der Waals surface area contributed by atoms with E-state index in [9.17, 15) is 4.79 Å². The van der Waals surface area contributed by atoms with Gasteiger partial charge in [0, 0.05) is 6.92 Å². The molecule has 11 heavy (non-hydrogen) atoms. The minimum atomic E-state index is -0.184. The van der Waals surface area contributed by atoms with Crippen molar-refractivity contribution in [3.05, 3.63) is 22.2 Å². The molecule has 0 aliphatic carbocycles. The number of ketones is 1. The third-order valence-electron chi connectivity index (χ3n) is 1.05. The number of aromatic nitrogens is 2. The highest BCUT2D eigenvalue weighted by molar-refractivity contribution is 6.40. The molecule has 1 aromatic rings. The Morgan fingerprint density at radius 3 is 2.55 bits per heavy atom. The molecule has 0 radical (unpaired) electrons. The number of halogens is 2. The molecule has 0 aliphatic heterocycles. The van der Waals surface area contributed by atoms with E-state index in [2.05, 4.69) is 9.97 Å². The van der Waals surface area contributed by atoms with Crippen molar-refractivity contribution in [3.63, 3.8) is 0 Å². The molecule has 0 fully saturated rings. The number of carbonyl (C=O) groups is 1. The predicted octanol–water partition coefficient (Wildman–Crippen LogP) is 1.99. The van der Waals surface area contributed by atoms with Crippen LogP contribution in [0, 0.1) is 0 Å². The summed E-state index contributed by atoms with van der Waals surface area (Å²) >= 11 is 11.0. The summed E-state index contributed by atoms with van der Waals surface area (Å²) in [5, 5.41) is 0.163. The third-order valence-corrected chi connectivity index (χ3v) is 1.69. The molecule has 0 unspecified atom stereocenters. The van der Waals surface area contributed by atoms with E-state index in [-0.39, 0.29) is 21.8 Å². The van der Waals surface area contributed by atoms with Crippen LogP contribution in [0.3, 0.4) is 0 Å². The van der Waals surface area contributed by atoms with Gasteiger partial charge in [0.25, 0.3) is 0 Å². The summed E-state index contributed by atoms with van der Waals surface area (Å²) in [7, 11) is 0. The minimum absolute atomic E-state index is 0.0550. The van der Waals surface area contributed by atoms with Gasteiger partial charge in [-0.2, -0.15) is 0 Å². The predicted molar refractivity (Wildman–Crippen MR) is 42.1 cm³/mol. The van der Waals surface area contributed by atoms with Crippen molar-refractivity contribution >= 4 is 29.0 Å². The average molecular weight is 191 g/mol. The van der Waals surface area contributed by atoms with Gasteiger partial charge in [-0.1, -0.05) is 23.2 Å². The molecule has 0 bridgehead atoms. The third kappa shape index (κ3) is 1.88. The van der Waals surface area contributed by atoms with Crippen LogP contribution in [0.15, 0.2) is 6.20 Å². The molecule has 0 saturated heterocycles. The highest BCUT2D eigenvalue weighted by atomic mass is 35.5. The Bertz CT molecular complexity index is 301. The molecular weight excluding hydrogens is 187 g/mol. The average Bonchev–Trinajstić information content (AvgIpc) is 1.94. The first kappa shape index (κ1) is 8.43. The second-order valence-electron chi connectivity index (χ2n) is 1.89. The van der Waals surface area contributed by atoms with E-state index >= 15 is 0 Å². The zero-order chi connectivity index (χ0) is 8.43. The summed E-state index contributed by atoms with van der Waals surface area (Å²) in [5.41, 5.74) is 0.222. The van der Waals surface area contributed by atoms with Crippen LogP contribution in [-0.4, -0.2) is 15.8 Å². The van der Waals surface area contributed by atoms with Crippen LogP contribution >= 0.6 is 23.2 Å². The fourth-order valence-electron chi connectivity index (χ4n) is 0.521. The van der Waals surface area contributed by atoms with Crippen LogP contribution in [0.5, 0.6) is 0 Å². The number of hydrogen-bond acceptors (Lipinski definition) is 3. The molecule has 0 spiro atoms. The molecule has 5 heteroatoms. The number of rotatable bonds is 1. The lowest BCUT2D eigenvalue weighted by Gasteiger charge is -1.95. The van der Waals surface area contributed by atoms with Gasteiger partial charge < -0.3 is 0 Å². The van der Waals surface area contributed by atoms with Gasteiger partial charge in [0.1, 0.15) is 5.69 Å². The summed E-state index contributed by atoms with van der Waals surface area (Å²) in [6.07, 6.45) is 1.29. The van der Waals surface area contributed by atoms with E-state index in [1.165, 1.54) is 13.1 Å². The first-order valence-corrected chi connectivity index (χ1v) is 3.56. The Balaban J connectivity index is 3.15. The molecule has 0 saturated carbocycles. The van der Waals surface area contributed by atoms with Gasteiger partial charge in [0.2, 0.25) is 0 Å². The lowest BCUT2D eigenvalue weighted by atomic mass is 10.3. The molecule has 3 nitrogen and oxygen atoms in total. The first-order valence-electron chi connectivity index (χ1n) is 2.80. The van der Waals surface area contributed by atoms with Crippen molar-refractivity contribution in [2.75, 3.05) is 0 Å². The topological polar surface area (TPSA) is 42.9 Å². The largest absolute Gasteiger partial charge is 0.293 e. The van der Waals surface area contributed by atoms with Crippen LogP contribution < -0.4 is 0 Å². The molecule has 0 aliphatic rings. The number of carbonyl (C=O) groups excluding carboxylic acids is 1. The van der Waals surface area contributed by atoms with Crippen molar-refractivity contribution in [1.82, 2.24) is 9.97 Å². The Labute approximate surface area is 73.4 Å². The molecule has 0 aromatic carbocycles. The molecule has 0 atom stereocenters. The normalized spacial score (nSPS) is 9.73. The maximum atomic E-state index is 10.7. The molecule has 1 aromatic heterocycles. The van der Waals surface area contributed by atoms with Gasteiger partial charge in [0.05, 0.1) is 6.20 Å². The summed E-state index contributed by atoms with van der Waals surface area (Å²) in [6.45, 7) is 1.38. The monoisotopic (exact) mass is 190 g/mol. The van der Waals surface area contributed by atoms with Crippen LogP contribution in [0.4, 0.5) is 0 Å². The Kier molecular flexibility index (Phi) is 2.42. The number of hydrogen-bond donors (Lipinski definition) is 0. The standard InChI is InChI=1S/C6H4Cl2N2O/c1-3(11)4-2-9-5(7)6(8)10-4/h2H,1H3. The Hall–Kier alpha value is -0.670. The number of nitrogens with zero attached hydrogens (tertiary/aromatic N) is 2. The summed E-state index contributed by atoms with van der Waals surface area (Å²) in [4.78, 5) is 18.0. The van der Waals surface area contributed by atoms with Gasteiger partial charge in [-0.05, 0) is 0 Å². The Morgan fingerprint density at radius 2 is 2.09 bits per heavy atom. The quantitative estimate of drug-likeness (QED) is 0.637. The maximum absolute atomic E-state index is 10.7. The second kappa shape index (κ2) is 3.15. The SMILES string of the molecule is CC(=O)c1cnc(Cl)c(Cl)n1. The van der Waals surface area contributed by atoms with Crippen LogP contribution in [0.1, 0.15) is 17.4 Å². The molecular formula is C6H4Cl2N2O. The van der Waals surface area contributed by atoms with Crippen molar-refractivity contribution in [3.8, 4) is 0 Å². The highest BCUT2D eigenvalue weighted by Crippen LogP contribution is 2.15. The van der Waals surface area contributed by atoms with Crippen molar-refractivity contribution in [1.29, 1.82) is 0 Å². The molecule has 58 valence electrons. The van der Waals surface area contributed by atoms with Gasteiger partial charge in [-0.25, -0.2) is 9.97 Å². The van der Waals surface area contributed by atoms with E-state index in [4.69, 9.17) is 23.2 Å². The smallest absolute Gasteiger partial charge is 0.179 e. The van der Waals surface area contributed by atoms with Gasteiger partial charge >= 0.3 is 0 Å². The molecule has 0 amide bonds. The van der Waals surface area contributed by atoms with E-state index < -0.39 is 0 Å². The zero-order valence-electron chi connectivity index (χ0n) is 5.64. The van der Waals surface area contributed by atoms with Crippen molar-refractivity contribution < 1.29 is 4.79 Å². The summed E-state index contributed by atoms with van der Waals surface area (Å²) < 4.78 is 0. The minimum Gasteiger partial charge on any atom is -0.293 e. The fraction of sp³-hybridized carbons (Fsp3) is 0.167. The number of Topliss-reactive ketones (excluding diaryl/α,β-unsaturated/α-hetero) is 1. The van der Waals surface area contributed by atoms with E-state index in [1.807, 2.05) is 0 Å². The molecule has 0 N–H and O–H groups in total. The fourth-order valence-corrected chi connectivity index (χ4v) is 0.752. The summed E-state index contributed by atoms with van der Waals surface area (Å²) in [6, 6.07) is 0. The molecule has 1 heterocycles. The van der Waals surface area contributed by atoms with Gasteiger partial charge in [-0.3, -0.25) is 4.79 Å². The first-order chi connectivity index (χ1) is 5.11. The van der Waals surface area contributed by atoms with Crippen LogP contribution in [0.25, 0.3) is 0 Å². The highest BCUT2D eigenvalue weighted by Gasteiger charge is 2.05. The van der Waals surface area contributed by atoms with E-state index in [0.29, 0.717) is 0 Å². The maximum Gasteiger partial charge on any atom is 0.179 e. The summed E-state index contributed by atoms with van der Waals surface area (Å²) in [5.74, 6) is -0.184. The van der Waals surface area contributed by atoms with Gasteiger partial charge in [-0.15, -0.1) is 0 Å². The van der Waals surface area contributed by atoms with E-state index in [1.54, 1.807) is 0 Å². The lowest BCUT2D eigenvalue weighted by molar-refractivity contribution is 0.101. The van der Waals surface area contributed by atoms with Crippen LogP contribution in [0.2, 0.25) is 10.3 Å². The molecule has 1 rings (SSSR count). The second-order valence-corrected chi connectivity index (χ2v) is 2.61. The van der Waals surface area contributed by atoms with Crippen LogP contribution in [-0.2, 0) is 0 Å². The van der Waals surface area contributed by atoms with Crippen molar-refractivity contribution in [2.45, 2.75) is 6.92 Å². The Morgan fingerprint density at radius 1 is 1.45 bits per heavy atom. The van der Waals surface area contributed by atoms with Gasteiger partial charge in [0.15, 0.2) is 16.1 Å². The zero-order valence-corrected chi connectivity index (χ0v) is 7.15. The van der Waals surface area contributed by atoms with E-state index in [0.717, 1.165) is 0 Å².